The molecule has 1 aromatic rings. The van der Waals surface area contributed by atoms with Crippen LogP contribution >= 0.6 is 11.8 Å². The number of allylic oxidation sites excluding steroid dienone is 1. The van der Waals surface area contributed by atoms with Gasteiger partial charge >= 0.3 is 0 Å². The molecule has 134 valence electrons. The summed E-state index contributed by atoms with van der Waals surface area (Å²) in [5, 5.41) is 24.0. The summed E-state index contributed by atoms with van der Waals surface area (Å²) in [6, 6.07) is 10.1. The molecule has 1 aliphatic rings. The molecule has 1 aromatic carbocycles. The number of rotatable bonds is 5. The molecule has 0 aromatic heterocycles. The molecule has 0 fully saturated rings. The Kier molecular flexibility index (Phi) is 6.01. The highest BCUT2D eigenvalue weighted by Gasteiger charge is 2.44. The van der Waals surface area contributed by atoms with Crippen LogP contribution in [-0.4, -0.2) is 17.6 Å². The zero-order chi connectivity index (χ0) is 19.3. The van der Waals surface area contributed by atoms with Crippen molar-refractivity contribution in [3.05, 3.63) is 46.2 Å². The van der Waals surface area contributed by atoms with E-state index in [1.54, 1.807) is 32.0 Å². The molecule has 0 unspecified atom stereocenters. The number of nitriles is 2. The maximum absolute atomic E-state index is 13.5. The minimum atomic E-state index is -0.976. The van der Waals surface area contributed by atoms with Crippen molar-refractivity contribution in [2.75, 3.05) is 5.75 Å². The molecule has 0 bridgehead atoms. The Labute approximate surface area is 155 Å². The first-order valence-corrected chi connectivity index (χ1v) is 8.78. The highest BCUT2D eigenvalue weighted by atomic mass is 32.2. The van der Waals surface area contributed by atoms with E-state index in [9.17, 15) is 24.5 Å². The lowest BCUT2D eigenvalue weighted by molar-refractivity contribution is -0.125. The number of amides is 2. The van der Waals surface area contributed by atoms with Crippen molar-refractivity contribution < 1.29 is 14.0 Å². The minimum absolute atomic E-state index is 0.0462. The summed E-state index contributed by atoms with van der Waals surface area (Å²) >= 11 is 1.01. The second kappa shape index (κ2) is 8.03. The van der Waals surface area contributed by atoms with Crippen molar-refractivity contribution in [2.24, 2.45) is 11.3 Å². The molecular formula is C18H17FN4O2S. The smallest absolute Gasteiger partial charge is 0.243 e. The van der Waals surface area contributed by atoms with Gasteiger partial charge in [0, 0.05) is 17.5 Å². The zero-order valence-corrected chi connectivity index (χ0v) is 15.1. The molecule has 8 heteroatoms. The zero-order valence-electron chi connectivity index (χ0n) is 14.3. The number of carbonyl (C=O) groups is 2. The minimum Gasteiger partial charge on any atom is -0.351 e. The van der Waals surface area contributed by atoms with Crippen LogP contribution in [0.4, 0.5) is 4.39 Å². The first-order chi connectivity index (χ1) is 12.3. The van der Waals surface area contributed by atoms with Crippen LogP contribution in [0.2, 0.25) is 0 Å². The van der Waals surface area contributed by atoms with E-state index in [1.165, 1.54) is 6.07 Å². The van der Waals surface area contributed by atoms with E-state index in [1.807, 2.05) is 12.1 Å². The van der Waals surface area contributed by atoms with Gasteiger partial charge in [-0.25, -0.2) is 4.39 Å². The molecule has 1 atom stereocenters. The number of nitrogens with zero attached hydrogens (tertiary/aromatic N) is 2. The van der Waals surface area contributed by atoms with Gasteiger partial charge in [-0.2, -0.15) is 10.5 Å². The van der Waals surface area contributed by atoms with Crippen LogP contribution in [0.1, 0.15) is 19.4 Å². The van der Waals surface area contributed by atoms with Crippen LogP contribution < -0.4 is 10.6 Å². The SMILES string of the molecule is CC1(C)C(C#N)=C(SCC(=O)NCc2ccccc2F)NC(=O)[C@H]1C#N. The third-order valence-corrected chi connectivity index (χ3v) is 5.12. The third kappa shape index (κ3) is 4.04. The summed E-state index contributed by atoms with van der Waals surface area (Å²) in [5.41, 5.74) is -0.319. The van der Waals surface area contributed by atoms with Crippen molar-refractivity contribution in [2.45, 2.75) is 20.4 Å². The average molecular weight is 372 g/mol. The molecular weight excluding hydrogens is 355 g/mol. The summed E-state index contributed by atoms with van der Waals surface area (Å²) < 4.78 is 13.5. The van der Waals surface area contributed by atoms with E-state index in [2.05, 4.69) is 10.6 Å². The van der Waals surface area contributed by atoms with Crippen LogP contribution in [0.15, 0.2) is 34.9 Å². The monoisotopic (exact) mass is 372 g/mol. The van der Waals surface area contributed by atoms with Gasteiger partial charge in [0.25, 0.3) is 0 Å². The largest absolute Gasteiger partial charge is 0.351 e. The van der Waals surface area contributed by atoms with Gasteiger partial charge in [0.15, 0.2) is 0 Å². The number of nitrogens with one attached hydrogen (secondary N) is 2. The molecule has 0 spiro atoms. The van der Waals surface area contributed by atoms with E-state index in [-0.39, 0.29) is 28.8 Å². The van der Waals surface area contributed by atoms with E-state index in [0.717, 1.165) is 11.8 Å². The Balaban J connectivity index is 2.03. The standard InChI is InChI=1S/C18H17FN4O2S/c1-18(2)12(7-20)16(25)23-17(13(18)8-21)26-10-15(24)22-9-11-5-3-4-6-14(11)19/h3-6,12H,9-10H2,1-2H3,(H,22,24)(H,23,25)/t12-/m1/s1. The topological polar surface area (TPSA) is 106 Å². The fraction of sp³-hybridized carbons (Fsp3) is 0.333. The number of hydrogen-bond acceptors (Lipinski definition) is 5. The number of thioether (sulfide) groups is 1. The molecule has 6 nitrogen and oxygen atoms in total. The highest BCUT2D eigenvalue weighted by molar-refractivity contribution is 8.03. The molecule has 1 aliphatic heterocycles. The summed E-state index contributed by atoms with van der Waals surface area (Å²) in [4.78, 5) is 24.1. The number of benzene rings is 1. The van der Waals surface area contributed by atoms with Crippen LogP contribution in [-0.2, 0) is 16.1 Å². The van der Waals surface area contributed by atoms with Crippen molar-refractivity contribution >= 4 is 23.6 Å². The lowest BCUT2D eigenvalue weighted by atomic mass is 9.72. The molecule has 0 radical (unpaired) electrons. The molecule has 0 saturated carbocycles. The maximum Gasteiger partial charge on any atom is 0.243 e. The van der Waals surface area contributed by atoms with Crippen LogP contribution in [0.3, 0.4) is 0 Å². The second-order valence-corrected chi connectivity index (χ2v) is 7.23. The van der Waals surface area contributed by atoms with Gasteiger partial charge in [-0.1, -0.05) is 43.8 Å². The van der Waals surface area contributed by atoms with Crippen LogP contribution in [0.25, 0.3) is 0 Å². The van der Waals surface area contributed by atoms with Gasteiger partial charge in [-0.3, -0.25) is 9.59 Å². The predicted octanol–water partition coefficient (Wildman–Crippen LogP) is 2.21. The number of hydrogen-bond donors (Lipinski definition) is 2. The van der Waals surface area contributed by atoms with Crippen LogP contribution in [0, 0.1) is 39.8 Å². The fourth-order valence-electron chi connectivity index (χ4n) is 2.56. The van der Waals surface area contributed by atoms with Gasteiger partial charge in [-0.05, 0) is 6.07 Å². The van der Waals surface area contributed by atoms with Gasteiger partial charge in [0.1, 0.15) is 11.7 Å². The second-order valence-electron chi connectivity index (χ2n) is 6.25. The number of carbonyl (C=O) groups excluding carboxylic acids is 2. The Morgan fingerprint density at radius 2 is 2.08 bits per heavy atom. The Bertz CT molecular complexity index is 851. The van der Waals surface area contributed by atoms with Crippen LogP contribution in [0.5, 0.6) is 0 Å². The summed E-state index contributed by atoms with van der Waals surface area (Å²) in [5.74, 6) is -2.29. The van der Waals surface area contributed by atoms with Gasteiger partial charge < -0.3 is 10.6 Å². The lowest BCUT2D eigenvalue weighted by Crippen LogP contribution is -2.44. The van der Waals surface area contributed by atoms with Crippen molar-refractivity contribution in [1.29, 1.82) is 10.5 Å². The quantitative estimate of drug-likeness (QED) is 0.824. The normalized spacial score (nSPS) is 18.5. The van der Waals surface area contributed by atoms with Gasteiger partial charge in [-0.15, -0.1) is 0 Å². The van der Waals surface area contributed by atoms with Crippen molar-refractivity contribution in [3.8, 4) is 12.1 Å². The maximum atomic E-state index is 13.5. The molecule has 2 rings (SSSR count). The summed E-state index contributed by atoms with van der Waals surface area (Å²) in [7, 11) is 0. The first kappa shape index (κ1) is 19.5. The van der Waals surface area contributed by atoms with Crippen molar-refractivity contribution in [1.82, 2.24) is 10.6 Å². The molecule has 0 aliphatic carbocycles. The Morgan fingerprint density at radius 1 is 1.38 bits per heavy atom. The average Bonchev–Trinajstić information content (AvgIpc) is 2.58. The van der Waals surface area contributed by atoms with E-state index >= 15 is 0 Å². The van der Waals surface area contributed by atoms with Crippen molar-refractivity contribution in [3.63, 3.8) is 0 Å². The Morgan fingerprint density at radius 3 is 2.69 bits per heavy atom. The predicted molar refractivity (Wildman–Crippen MR) is 94.4 cm³/mol. The van der Waals surface area contributed by atoms with E-state index in [4.69, 9.17) is 0 Å². The number of halogens is 1. The van der Waals surface area contributed by atoms with E-state index < -0.39 is 23.1 Å². The summed E-state index contributed by atoms with van der Waals surface area (Å²) in [6.45, 7) is 3.35. The highest BCUT2D eigenvalue weighted by Crippen LogP contribution is 2.41. The van der Waals surface area contributed by atoms with Gasteiger partial charge in [0.05, 0.1) is 28.5 Å². The lowest BCUT2D eigenvalue weighted by Gasteiger charge is -2.34. The Hall–Kier alpha value is -2.84. The summed E-state index contributed by atoms with van der Waals surface area (Å²) in [6.07, 6.45) is 0. The third-order valence-electron chi connectivity index (χ3n) is 4.11. The fourth-order valence-corrected chi connectivity index (χ4v) is 3.56. The molecule has 2 amide bonds. The molecule has 2 N–H and O–H groups in total. The first-order valence-electron chi connectivity index (χ1n) is 7.79. The molecule has 1 heterocycles. The van der Waals surface area contributed by atoms with E-state index in [0.29, 0.717) is 5.56 Å². The molecule has 0 saturated heterocycles. The van der Waals surface area contributed by atoms with Gasteiger partial charge in [0.2, 0.25) is 11.8 Å². The molecule has 26 heavy (non-hydrogen) atoms.